The van der Waals surface area contributed by atoms with Gasteiger partial charge in [-0.3, -0.25) is 0 Å². The van der Waals surface area contributed by atoms with Crippen LogP contribution in [0.25, 0.3) is 11.1 Å². The van der Waals surface area contributed by atoms with E-state index in [0.29, 0.717) is 35.4 Å². The highest BCUT2D eigenvalue weighted by Gasteiger charge is 2.27. The molecule has 30 heavy (non-hydrogen) atoms. The van der Waals surface area contributed by atoms with Crippen molar-refractivity contribution in [3.63, 3.8) is 0 Å². The van der Waals surface area contributed by atoms with E-state index in [1.54, 1.807) is 30.2 Å². The summed E-state index contributed by atoms with van der Waals surface area (Å²) in [5.74, 6) is 0.342. The first-order valence-corrected chi connectivity index (χ1v) is 9.70. The number of benzene rings is 3. The molecule has 0 bridgehead atoms. The number of phenolic OH excluding ortho intramolecular Hbond substituents is 1. The molecule has 4 rings (SSSR count). The molecular formula is C24H22FNO4. The number of ether oxygens (including phenoxy) is 2. The van der Waals surface area contributed by atoms with Gasteiger partial charge in [-0.05, 0) is 52.9 Å². The van der Waals surface area contributed by atoms with Gasteiger partial charge in [-0.2, -0.15) is 0 Å². The van der Waals surface area contributed by atoms with Gasteiger partial charge in [-0.15, -0.1) is 0 Å². The first kappa shape index (κ1) is 19.8. The molecule has 1 N–H and O–H groups in total. The Morgan fingerprint density at radius 3 is 2.63 bits per heavy atom. The van der Waals surface area contributed by atoms with Gasteiger partial charge >= 0.3 is 6.09 Å². The van der Waals surface area contributed by atoms with Crippen LogP contribution in [0.15, 0.2) is 60.7 Å². The molecule has 0 fully saturated rings. The second kappa shape index (κ2) is 8.45. The zero-order valence-corrected chi connectivity index (χ0v) is 16.6. The molecule has 1 aliphatic rings. The fraction of sp³-hybridized carbons (Fsp3) is 0.208. The van der Waals surface area contributed by atoms with Crippen LogP contribution in [-0.2, 0) is 24.3 Å². The van der Waals surface area contributed by atoms with Gasteiger partial charge in [0.25, 0.3) is 0 Å². The van der Waals surface area contributed by atoms with E-state index < -0.39 is 6.09 Å². The third kappa shape index (κ3) is 3.94. The molecule has 0 radical (unpaired) electrons. The van der Waals surface area contributed by atoms with E-state index in [-0.39, 0.29) is 24.7 Å². The van der Waals surface area contributed by atoms with Crippen molar-refractivity contribution in [3.8, 4) is 22.6 Å². The fourth-order valence-electron chi connectivity index (χ4n) is 3.76. The van der Waals surface area contributed by atoms with E-state index in [2.05, 4.69) is 0 Å². The number of halogens is 1. The first-order valence-electron chi connectivity index (χ1n) is 9.70. The van der Waals surface area contributed by atoms with E-state index in [9.17, 15) is 14.3 Å². The molecule has 5 nitrogen and oxygen atoms in total. The summed E-state index contributed by atoms with van der Waals surface area (Å²) >= 11 is 0. The second-order valence-corrected chi connectivity index (χ2v) is 7.15. The van der Waals surface area contributed by atoms with Crippen molar-refractivity contribution < 1.29 is 23.8 Å². The molecule has 1 heterocycles. The number of aromatic hydroxyl groups is 1. The Labute approximate surface area is 174 Å². The highest BCUT2D eigenvalue weighted by atomic mass is 19.1. The fourth-order valence-corrected chi connectivity index (χ4v) is 3.76. The van der Waals surface area contributed by atoms with Crippen LogP contribution in [0.2, 0.25) is 0 Å². The van der Waals surface area contributed by atoms with Gasteiger partial charge in [0.1, 0.15) is 23.9 Å². The van der Waals surface area contributed by atoms with Crippen molar-refractivity contribution in [2.75, 3.05) is 13.7 Å². The summed E-state index contributed by atoms with van der Waals surface area (Å²) in [6.45, 7) is 0.770. The quantitative estimate of drug-likeness (QED) is 0.668. The number of nitrogens with zero attached hydrogens (tertiary/aromatic N) is 1. The molecular weight excluding hydrogens is 385 g/mol. The second-order valence-electron chi connectivity index (χ2n) is 7.15. The van der Waals surface area contributed by atoms with Gasteiger partial charge in [0.2, 0.25) is 0 Å². The minimum absolute atomic E-state index is 0.0822. The van der Waals surface area contributed by atoms with Gasteiger partial charge in [0.15, 0.2) is 0 Å². The summed E-state index contributed by atoms with van der Waals surface area (Å²) in [5, 5.41) is 9.96. The van der Waals surface area contributed by atoms with Gasteiger partial charge < -0.3 is 19.5 Å². The molecule has 0 atom stereocenters. The predicted octanol–water partition coefficient (Wildman–Crippen LogP) is 4.90. The molecule has 0 unspecified atom stereocenters. The number of methoxy groups -OCH3 is 1. The smallest absolute Gasteiger partial charge is 0.410 e. The van der Waals surface area contributed by atoms with E-state index in [1.807, 2.05) is 30.3 Å². The Bertz CT molecular complexity index is 1070. The Hall–Kier alpha value is -3.54. The van der Waals surface area contributed by atoms with Crippen LogP contribution in [0.3, 0.4) is 0 Å². The van der Waals surface area contributed by atoms with Crippen LogP contribution >= 0.6 is 0 Å². The van der Waals surface area contributed by atoms with Gasteiger partial charge in [0, 0.05) is 18.7 Å². The standard InChI is InChI=1S/C24H22FNO4/c1-29-23-10-7-17(27)13-20(23)18-8-9-22(25)19-11-12-26(14-21(18)19)24(28)30-15-16-5-3-2-4-6-16/h2-10,13,27H,11-12,14-15H2,1H3. The number of rotatable bonds is 4. The van der Waals surface area contributed by atoms with E-state index in [1.165, 1.54) is 12.1 Å². The zero-order valence-electron chi connectivity index (χ0n) is 16.6. The highest BCUT2D eigenvalue weighted by Crippen LogP contribution is 2.38. The number of hydrogen-bond donors (Lipinski definition) is 1. The molecule has 1 aliphatic heterocycles. The Balaban J connectivity index is 1.62. The van der Waals surface area contributed by atoms with Crippen LogP contribution in [-0.4, -0.2) is 29.8 Å². The molecule has 0 aliphatic carbocycles. The normalized spacial score (nSPS) is 12.9. The number of hydrogen-bond acceptors (Lipinski definition) is 4. The SMILES string of the molecule is COc1ccc(O)cc1-c1ccc(F)c2c1CN(C(=O)OCc1ccccc1)CC2. The van der Waals surface area contributed by atoms with Crippen molar-refractivity contribution in [1.82, 2.24) is 4.90 Å². The minimum atomic E-state index is -0.442. The first-order chi connectivity index (χ1) is 14.6. The molecule has 6 heteroatoms. The lowest BCUT2D eigenvalue weighted by Gasteiger charge is -2.30. The molecule has 0 saturated heterocycles. The lowest BCUT2D eigenvalue weighted by Crippen LogP contribution is -2.37. The number of fused-ring (bicyclic) bond motifs is 1. The van der Waals surface area contributed by atoms with Crippen LogP contribution < -0.4 is 4.74 Å². The number of carbonyl (C=O) groups is 1. The molecule has 0 aromatic heterocycles. The summed E-state index contributed by atoms with van der Waals surface area (Å²) < 4.78 is 25.4. The molecule has 3 aromatic carbocycles. The summed E-state index contributed by atoms with van der Waals surface area (Å²) in [4.78, 5) is 14.2. The Morgan fingerprint density at radius 2 is 1.87 bits per heavy atom. The number of phenols is 1. The number of carbonyl (C=O) groups excluding carboxylic acids is 1. The van der Waals surface area contributed by atoms with Crippen LogP contribution in [0.4, 0.5) is 9.18 Å². The lowest BCUT2D eigenvalue weighted by molar-refractivity contribution is 0.0917. The maximum atomic E-state index is 14.5. The predicted molar refractivity (Wildman–Crippen MR) is 111 cm³/mol. The molecule has 0 spiro atoms. The maximum absolute atomic E-state index is 14.5. The number of amides is 1. The topological polar surface area (TPSA) is 59.0 Å². The van der Waals surface area contributed by atoms with Gasteiger partial charge in [0.05, 0.1) is 7.11 Å². The van der Waals surface area contributed by atoms with Gasteiger partial charge in [-0.25, -0.2) is 9.18 Å². The Kier molecular flexibility index (Phi) is 5.57. The van der Waals surface area contributed by atoms with Crippen molar-refractivity contribution in [3.05, 3.63) is 83.2 Å². The highest BCUT2D eigenvalue weighted by molar-refractivity contribution is 5.77. The third-order valence-electron chi connectivity index (χ3n) is 5.29. The summed E-state index contributed by atoms with van der Waals surface area (Å²) in [6, 6.07) is 17.3. The van der Waals surface area contributed by atoms with E-state index in [4.69, 9.17) is 9.47 Å². The van der Waals surface area contributed by atoms with Crippen LogP contribution in [0, 0.1) is 5.82 Å². The van der Waals surface area contributed by atoms with Crippen LogP contribution in [0.1, 0.15) is 16.7 Å². The maximum Gasteiger partial charge on any atom is 0.410 e. The average Bonchev–Trinajstić information content (AvgIpc) is 2.78. The zero-order chi connectivity index (χ0) is 21.1. The third-order valence-corrected chi connectivity index (χ3v) is 5.29. The van der Waals surface area contributed by atoms with Gasteiger partial charge in [-0.1, -0.05) is 36.4 Å². The summed E-state index contributed by atoms with van der Waals surface area (Å²) in [5.41, 5.74) is 3.54. The minimum Gasteiger partial charge on any atom is -0.508 e. The summed E-state index contributed by atoms with van der Waals surface area (Å²) in [7, 11) is 1.54. The van der Waals surface area contributed by atoms with E-state index >= 15 is 0 Å². The summed E-state index contributed by atoms with van der Waals surface area (Å²) in [6.07, 6.45) is -0.0566. The van der Waals surface area contributed by atoms with Crippen molar-refractivity contribution in [2.24, 2.45) is 0 Å². The molecule has 0 saturated carbocycles. The lowest BCUT2D eigenvalue weighted by atomic mass is 9.90. The van der Waals surface area contributed by atoms with Crippen LogP contribution in [0.5, 0.6) is 11.5 Å². The van der Waals surface area contributed by atoms with Crippen molar-refractivity contribution >= 4 is 6.09 Å². The largest absolute Gasteiger partial charge is 0.508 e. The average molecular weight is 407 g/mol. The van der Waals surface area contributed by atoms with Crippen molar-refractivity contribution in [2.45, 2.75) is 19.6 Å². The molecule has 154 valence electrons. The monoisotopic (exact) mass is 407 g/mol. The molecule has 1 amide bonds. The van der Waals surface area contributed by atoms with Crippen molar-refractivity contribution in [1.29, 1.82) is 0 Å². The Morgan fingerprint density at radius 1 is 1.07 bits per heavy atom. The molecule has 3 aromatic rings. The van der Waals surface area contributed by atoms with E-state index in [0.717, 1.165) is 11.1 Å².